The van der Waals surface area contributed by atoms with Gasteiger partial charge >= 0.3 is 0 Å². The number of likely N-dealkylation sites (tertiary alicyclic amines) is 1. The van der Waals surface area contributed by atoms with Gasteiger partial charge in [-0.25, -0.2) is 0 Å². The monoisotopic (exact) mass is 238 g/mol. The zero-order chi connectivity index (χ0) is 11.5. The Morgan fingerprint density at radius 3 is 3.06 bits per heavy atom. The number of hydrogen-bond donors (Lipinski definition) is 0. The van der Waals surface area contributed by atoms with Gasteiger partial charge < -0.3 is 9.80 Å². The Hall–Kier alpha value is -0.870. The van der Waals surface area contributed by atoms with Gasteiger partial charge in [-0.3, -0.25) is 4.79 Å². The molecule has 1 aliphatic rings. The number of nitrogens with zero attached hydrogens (tertiary/aromatic N) is 2. The lowest BCUT2D eigenvalue weighted by atomic mass is 10.1. The summed E-state index contributed by atoms with van der Waals surface area (Å²) in [5.41, 5.74) is 0. The van der Waals surface area contributed by atoms with E-state index in [1.54, 1.807) is 0 Å². The maximum Gasteiger partial charge on any atom is 0.263 e. The Morgan fingerprint density at radius 2 is 2.50 bits per heavy atom. The van der Waals surface area contributed by atoms with Crippen LogP contribution in [-0.4, -0.2) is 49.4 Å². The van der Waals surface area contributed by atoms with Crippen LogP contribution >= 0.6 is 11.3 Å². The maximum absolute atomic E-state index is 12.0. The predicted octanol–water partition coefficient (Wildman–Crippen LogP) is 1.77. The fourth-order valence-corrected chi connectivity index (χ4v) is 2.95. The number of amides is 1. The minimum Gasteiger partial charge on any atom is -0.341 e. The second-order valence-corrected chi connectivity index (χ2v) is 5.53. The predicted molar refractivity (Wildman–Crippen MR) is 66.9 cm³/mol. The lowest BCUT2D eigenvalue weighted by molar-refractivity contribution is 0.0779. The molecular weight excluding hydrogens is 220 g/mol. The van der Waals surface area contributed by atoms with Gasteiger partial charge in [-0.1, -0.05) is 6.07 Å². The Labute approximate surface area is 101 Å². The molecular formula is C12H18N2OS. The maximum atomic E-state index is 12.0. The van der Waals surface area contributed by atoms with Crippen molar-refractivity contribution in [3.05, 3.63) is 22.4 Å². The highest BCUT2D eigenvalue weighted by Gasteiger charge is 2.23. The van der Waals surface area contributed by atoms with Crippen molar-refractivity contribution in [1.82, 2.24) is 9.80 Å². The van der Waals surface area contributed by atoms with Crippen molar-refractivity contribution in [1.29, 1.82) is 0 Å². The minimum absolute atomic E-state index is 0.157. The summed E-state index contributed by atoms with van der Waals surface area (Å²) in [5.74, 6) is 0.795. The van der Waals surface area contributed by atoms with Crippen molar-refractivity contribution in [3.8, 4) is 0 Å². The van der Waals surface area contributed by atoms with Crippen LogP contribution in [0.5, 0.6) is 0 Å². The molecule has 1 saturated heterocycles. The van der Waals surface area contributed by atoms with E-state index in [1.165, 1.54) is 17.8 Å². The van der Waals surface area contributed by atoms with E-state index >= 15 is 0 Å². The molecule has 0 N–H and O–H groups in total. The van der Waals surface area contributed by atoms with Gasteiger partial charge in [0.15, 0.2) is 0 Å². The lowest BCUT2D eigenvalue weighted by Crippen LogP contribution is -2.32. The van der Waals surface area contributed by atoms with E-state index in [2.05, 4.69) is 11.9 Å². The van der Waals surface area contributed by atoms with E-state index in [9.17, 15) is 4.79 Å². The summed E-state index contributed by atoms with van der Waals surface area (Å²) in [6.45, 7) is 3.15. The fourth-order valence-electron chi connectivity index (χ4n) is 2.23. The third-order valence-corrected chi connectivity index (χ3v) is 3.96. The van der Waals surface area contributed by atoms with Crippen LogP contribution in [0.4, 0.5) is 0 Å². The smallest absolute Gasteiger partial charge is 0.263 e. The van der Waals surface area contributed by atoms with Crippen LogP contribution in [0.15, 0.2) is 17.5 Å². The highest BCUT2D eigenvalue weighted by molar-refractivity contribution is 7.12. The molecule has 0 saturated carbocycles. The highest BCUT2D eigenvalue weighted by Crippen LogP contribution is 2.17. The second kappa shape index (κ2) is 4.97. The minimum atomic E-state index is 0.157. The first kappa shape index (κ1) is 11.6. The normalized spacial score (nSPS) is 21.2. The van der Waals surface area contributed by atoms with Crippen molar-refractivity contribution in [3.63, 3.8) is 0 Å². The number of thiophene rings is 1. The van der Waals surface area contributed by atoms with E-state index in [0.717, 1.165) is 24.5 Å². The molecule has 0 aromatic carbocycles. The summed E-state index contributed by atoms with van der Waals surface area (Å²) in [5, 5.41) is 1.95. The van der Waals surface area contributed by atoms with Gasteiger partial charge in [0.25, 0.3) is 5.91 Å². The van der Waals surface area contributed by atoms with Crippen molar-refractivity contribution >= 4 is 17.2 Å². The third-order valence-electron chi connectivity index (χ3n) is 3.10. The van der Waals surface area contributed by atoms with E-state index in [-0.39, 0.29) is 5.91 Å². The molecule has 88 valence electrons. The summed E-state index contributed by atoms with van der Waals surface area (Å²) < 4.78 is 0. The van der Waals surface area contributed by atoms with Gasteiger partial charge in [0.05, 0.1) is 4.88 Å². The average molecular weight is 238 g/mol. The average Bonchev–Trinajstić information content (AvgIpc) is 2.88. The first-order valence-electron chi connectivity index (χ1n) is 5.64. The first-order valence-corrected chi connectivity index (χ1v) is 6.52. The van der Waals surface area contributed by atoms with Gasteiger partial charge in [0.1, 0.15) is 0 Å². The summed E-state index contributed by atoms with van der Waals surface area (Å²) in [6.07, 6.45) is 1.21. The summed E-state index contributed by atoms with van der Waals surface area (Å²) >= 11 is 1.52. The molecule has 1 unspecified atom stereocenters. The van der Waals surface area contributed by atoms with Crippen molar-refractivity contribution in [2.24, 2.45) is 5.92 Å². The van der Waals surface area contributed by atoms with Crippen LogP contribution in [0.25, 0.3) is 0 Å². The van der Waals surface area contributed by atoms with E-state index in [0.29, 0.717) is 5.92 Å². The number of carbonyl (C=O) groups is 1. The van der Waals surface area contributed by atoms with E-state index in [1.807, 2.05) is 29.5 Å². The first-order chi connectivity index (χ1) is 7.66. The van der Waals surface area contributed by atoms with Crippen LogP contribution in [-0.2, 0) is 0 Å². The molecule has 0 bridgehead atoms. The molecule has 0 spiro atoms. The van der Waals surface area contributed by atoms with Crippen LogP contribution in [0.3, 0.4) is 0 Å². The lowest BCUT2D eigenvalue weighted by Gasteiger charge is -2.20. The molecule has 0 radical (unpaired) electrons. The number of carbonyl (C=O) groups excluding carboxylic acids is 1. The van der Waals surface area contributed by atoms with Gasteiger partial charge in [0, 0.05) is 20.1 Å². The molecule has 1 aromatic heterocycles. The molecule has 0 aliphatic carbocycles. The fraction of sp³-hybridized carbons (Fsp3) is 0.583. The van der Waals surface area contributed by atoms with Gasteiger partial charge in [-0.2, -0.15) is 0 Å². The standard InChI is InChI=1S/C12H18N2OS/c1-13-6-5-10(8-13)9-14(2)12(15)11-4-3-7-16-11/h3-4,7,10H,5-6,8-9H2,1-2H3. The molecule has 3 nitrogen and oxygen atoms in total. The molecule has 4 heteroatoms. The molecule has 1 aliphatic heterocycles. The van der Waals surface area contributed by atoms with E-state index < -0.39 is 0 Å². The topological polar surface area (TPSA) is 23.6 Å². The van der Waals surface area contributed by atoms with Crippen molar-refractivity contribution in [2.75, 3.05) is 33.7 Å². The molecule has 1 aromatic rings. The van der Waals surface area contributed by atoms with Crippen LogP contribution in [0.1, 0.15) is 16.1 Å². The molecule has 2 heterocycles. The third kappa shape index (κ3) is 2.62. The largest absolute Gasteiger partial charge is 0.341 e. The van der Waals surface area contributed by atoms with Gasteiger partial charge in [-0.15, -0.1) is 11.3 Å². The Balaban J connectivity index is 1.88. The Kier molecular flexibility index (Phi) is 3.61. The van der Waals surface area contributed by atoms with Crippen molar-refractivity contribution in [2.45, 2.75) is 6.42 Å². The SMILES string of the molecule is CN1CCC(CN(C)C(=O)c2cccs2)C1. The van der Waals surface area contributed by atoms with Crippen LogP contribution in [0.2, 0.25) is 0 Å². The zero-order valence-electron chi connectivity index (χ0n) is 9.85. The van der Waals surface area contributed by atoms with Gasteiger partial charge in [0.2, 0.25) is 0 Å². The Bertz CT molecular complexity index is 350. The van der Waals surface area contributed by atoms with Crippen LogP contribution in [0, 0.1) is 5.92 Å². The molecule has 1 amide bonds. The quantitative estimate of drug-likeness (QED) is 0.801. The highest BCUT2D eigenvalue weighted by atomic mass is 32.1. The summed E-state index contributed by atoms with van der Waals surface area (Å²) in [7, 11) is 4.04. The Morgan fingerprint density at radius 1 is 1.69 bits per heavy atom. The second-order valence-electron chi connectivity index (χ2n) is 4.58. The number of rotatable bonds is 3. The van der Waals surface area contributed by atoms with Crippen LogP contribution < -0.4 is 0 Å². The summed E-state index contributed by atoms with van der Waals surface area (Å²) in [6, 6.07) is 3.82. The van der Waals surface area contributed by atoms with Crippen molar-refractivity contribution < 1.29 is 4.79 Å². The number of hydrogen-bond acceptors (Lipinski definition) is 3. The van der Waals surface area contributed by atoms with Gasteiger partial charge in [-0.05, 0) is 37.4 Å². The molecule has 16 heavy (non-hydrogen) atoms. The molecule has 2 rings (SSSR count). The summed E-state index contributed by atoms with van der Waals surface area (Å²) in [4.78, 5) is 17.0. The van der Waals surface area contributed by atoms with E-state index in [4.69, 9.17) is 0 Å². The zero-order valence-corrected chi connectivity index (χ0v) is 10.7. The molecule has 1 atom stereocenters. The molecule has 1 fully saturated rings.